The highest BCUT2D eigenvalue weighted by molar-refractivity contribution is 9.10. The fraction of sp³-hybridized carbons (Fsp3) is 0.462. The molecule has 112 valence electrons. The van der Waals surface area contributed by atoms with Crippen LogP contribution < -0.4 is 5.32 Å². The summed E-state index contributed by atoms with van der Waals surface area (Å²) in [5, 5.41) is 2.64. The topological polar surface area (TPSA) is 29.1 Å². The van der Waals surface area contributed by atoms with Gasteiger partial charge in [-0.25, -0.2) is 0 Å². The third-order valence-corrected chi connectivity index (χ3v) is 4.17. The van der Waals surface area contributed by atoms with Gasteiger partial charge in [0.15, 0.2) is 0 Å². The van der Waals surface area contributed by atoms with Crippen molar-refractivity contribution in [3.05, 3.63) is 33.8 Å². The minimum atomic E-state index is -4.51. The molecule has 0 aliphatic heterocycles. The molecule has 20 heavy (non-hydrogen) atoms. The Balaban J connectivity index is 2.95. The fourth-order valence-electron chi connectivity index (χ4n) is 1.45. The molecule has 7 heteroatoms. The second-order valence-corrected chi connectivity index (χ2v) is 5.75. The number of hydrogen-bond donors (Lipinski definition) is 1. The summed E-state index contributed by atoms with van der Waals surface area (Å²) in [6, 6.07) is 3.16. The van der Waals surface area contributed by atoms with Gasteiger partial charge in [-0.15, -0.1) is 11.6 Å². The summed E-state index contributed by atoms with van der Waals surface area (Å²) in [5.74, 6) is -0.166. The van der Waals surface area contributed by atoms with Crippen LogP contribution in [0.15, 0.2) is 22.7 Å². The Kier molecular flexibility index (Phi) is 5.89. The van der Waals surface area contributed by atoms with E-state index in [-0.39, 0.29) is 22.0 Å². The number of hydrogen-bond acceptors (Lipinski definition) is 1. The average Bonchev–Trinajstić information content (AvgIpc) is 2.36. The highest BCUT2D eigenvalue weighted by Crippen LogP contribution is 2.35. The molecule has 0 bridgehead atoms. The molecule has 0 aromatic heterocycles. The van der Waals surface area contributed by atoms with Crippen LogP contribution in [0.5, 0.6) is 0 Å². The molecule has 0 radical (unpaired) electrons. The molecule has 2 unspecified atom stereocenters. The minimum absolute atomic E-state index is 0.0261. The van der Waals surface area contributed by atoms with Gasteiger partial charge in [-0.2, -0.15) is 13.2 Å². The summed E-state index contributed by atoms with van der Waals surface area (Å²) in [7, 11) is 0. The minimum Gasteiger partial charge on any atom is -0.349 e. The van der Waals surface area contributed by atoms with Gasteiger partial charge in [0, 0.05) is 22.0 Å². The number of benzene rings is 1. The fourth-order valence-corrected chi connectivity index (χ4v) is 2.19. The largest absolute Gasteiger partial charge is 0.417 e. The maximum Gasteiger partial charge on any atom is 0.417 e. The predicted molar refractivity (Wildman–Crippen MR) is 76.0 cm³/mol. The van der Waals surface area contributed by atoms with E-state index in [9.17, 15) is 18.0 Å². The first-order valence-corrected chi connectivity index (χ1v) is 7.23. The number of amides is 1. The van der Waals surface area contributed by atoms with E-state index >= 15 is 0 Å². The first kappa shape index (κ1) is 17.3. The van der Waals surface area contributed by atoms with Crippen LogP contribution in [0.25, 0.3) is 0 Å². The normalized spacial score (nSPS) is 14.8. The highest BCUT2D eigenvalue weighted by Gasteiger charge is 2.33. The van der Waals surface area contributed by atoms with Crippen LogP contribution in [-0.2, 0) is 6.18 Å². The van der Waals surface area contributed by atoms with Gasteiger partial charge in [0.05, 0.1) is 5.56 Å². The number of nitrogens with one attached hydrogen (secondary N) is 1. The van der Waals surface area contributed by atoms with E-state index in [0.29, 0.717) is 5.88 Å². The summed E-state index contributed by atoms with van der Waals surface area (Å²) in [4.78, 5) is 11.9. The molecule has 2 nitrogen and oxygen atoms in total. The zero-order valence-electron chi connectivity index (χ0n) is 10.9. The summed E-state index contributed by atoms with van der Waals surface area (Å²) in [5.41, 5.74) is -0.905. The standard InChI is InChI=1S/C13H14BrClF3NO/c1-7(6-15)8(2)19-12(20)9-3-4-11(14)10(5-9)13(16,17)18/h3-5,7-8H,6H2,1-2H3,(H,19,20). The maximum atomic E-state index is 12.8. The lowest BCUT2D eigenvalue weighted by atomic mass is 10.0. The SMILES string of the molecule is CC(CCl)C(C)NC(=O)c1ccc(Br)c(C(F)(F)F)c1. The Labute approximate surface area is 128 Å². The molecule has 0 spiro atoms. The quantitative estimate of drug-likeness (QED) is 0.777. The van der Waals surface area contributed by atoms with Crippen LogP contribution in [0.4, 0.5) is 13.2 Å². The summed E-state index contributed by atoms with van der Waals surface area (Å²) >= 11 is 8.51. The Morgan fingerprint density at radius 2 is 2.00 bits per heavy atom. The van der Waals surface area contributed by atoms with Crippen molar-refractivity contribution in [3.8, 4) is 0 Å². The van der Waals surface area contributed by atoms with Crippen LogP contribution >= 0.6 is 27.5 Å². The Morgan fingerprint density at radius 1 is 1.40 bits per heavy atom. The molecule has 0 saturated carbocycles. The van der Waals surface area contributed by atoms with E-state index in [1.807, 2.05) is 6.92 Å². The molecule has 1 aromatic carbocycles. The summed E-state index contributed by atoms with van der Waals surface area (Å²) in [6.45, 7) is 3.61. The van der Waals surface area contributed by atoms with Crippen molar-refractivity contribution >= 4 is 33.4 Å². The molecule has 1 amide bonds. The van der Waals surface area contributed by atoms with E-state index in [1.165, 1.54) is 12.1 Å². The first-order chi connectivity index (χ1) is 9.16. The Hall–Kier alpha value is -0.750. The molecule has 2 atom stereocenters. The molecule has 0 fully saturated rings. The lowest BCUT2D eigenvalue weighted by molar-refractivity contribution is -0.138. The van der Waals surface area contributed by atoms with Gasteiger partial charge in [-0.3, -0.25) is 4.79 Å². The van der Waals surface area contributed by atoms with Crippen LogP contribution in [0.1, 0.15) is 29.8 Å². The summed E-state index contributed by atoms with van der Waals surface area (Å²) < 4.78 is 38.2. The molecule has 0 saturated heterocycles. The van der Waals surface area contributed by atoms with Crippen molar-refractivity contribution in [3.63, 3.8) is 0 Å². The molecule has 1 N–H and O–H groups in total. The van der Waals surface area contributed by atoms with Crippen LogP contribution in [0.3, 0.4) is 0 Å². The van der Waals surface area contributed by atoms with Gasteiger partial charge in [-0.1, -0.05) is 22.9 Å². The van der Waals surface area contributed by atoms with Gasteiger partial charge in [-0.05, 0) is 31.0 Å². The first-order valence-electron chi connectivity index (χ1n) is 5.90. The molecule has 0 aliphatic carbocycles. The van der Waals surface area contributed by atoms with Gasteiger partial charge >= 0.3 is 6.18 Å². The molecule has 0 heterocycles. The number of halogens is 5. The van der Waals surface area contributed by atoms with Crippen molar-refractivity contribution in [2.45, 2.75) is 26.1 Å². The maximum absolute atomic E-state index is 12.8. The van der Waals surface area contributed by atoms with Crippen molar-refractivity contribution in [2.75, 3.05) is 5.88 Å². The molecular weight excluding hydrogens is 358 g/mol. The van der Waals surface area contributed by atoms with Crippen molar-refractivity contribution in [1.82, 2.24) is 5.32 Å². The van der Waals surface area contributed by atoms with Crippen LogP contribution in [-0.4, -0.2) is 17.8 Å². The summed E-state index contributed by atoms with van der Waals surface area (Å²) in [6.07, 6.45) is -4.51. The van der Waals surface area contributed by atoms with E-state index < -0.39 is 17.6 Å². The smallest absolute Gasteiger partial charge is 0.349 e. The number of alkyl halides is 4. The Bertz CT molecular complexity index is 493. The zero-order chi connectivity index (χ0) is 15.5. The van der Waals surface area contributed by atoms with Crippen molar-refractivity contribution in [2.24, 2.45) is 5.92 Å². The monoisotopic (exact) mass is 371 g/mol. The molecule has 0 aliphatic rings. The van der Waals surface area contributed by atoms with E-state index in [4.69, 9.17) is 11.6 Å². The lowest BCUT2D eigenvalue weighted by Gasteiger charge is -2.19. The second kappa shape index (κ2) is 6.80. The van der Waals surface area contributed by atoms with Crippen LogP contribution in [0.2, 0.25) is 0 Å². The van der Waals surface area contributed by atoms with Crippen molar-refractivity contribution in [1.29, 1.82) is 0 Å². The van der Waals surface area contributed by atoms with E-state index in [0.717, 1.165) is 6.07 Å². The Morgan fingerprint density at radius 3 is 2.50 bits per heavy atom. The van der Waals surface area contributed by atoms with Gasteiger partial charge in [0.1, 0.15) is 0 Å². The lowest BCUT2D eigenvalue weighted by Crippen LogP contribution is -2.37. The molecular formula is C13H14BrClF3NO. The third-order valence-electron chi connectivity index (χ3n) is 2.99. The number of carbonyl (C=O) groups excluding carboxylic acids is 1. The number of carbonyl (C=O) groups is 1. The van der Waals surface area contributed by atoms with E-state index in [2.05, 4.69) is 21.2 Å². The highest BCUT2D eigenvalue weighted by atomic mass is 79.9. The van der Waals surface area contributed by atoms with Crippen LogP contribution in [0, 0.1) is 5.92 Å². The van der Waals surface area contributed by atoms with Crippen molar-refractivity contribution < 1.29 is 18.0 Å². The van der Waals surface area contributed by atoms with Gasteiger partial charge in [0.2, 0.25) is 0 Å². The van der Waals surface area contributed by atoms with E-state index in [1.54, 1.807) is 6.92 Å². The van der Waals surface area contributed by atoms with Gasteiger partial charge < -0.3 is 5.32 Å². The molecule has 1 aromatic rings. The molecule has 1 rings (SSSR count). The van der Waals surface area contributed by atoms with Gasteiger partial charge in [0.25, 0.3) is 5.91 Å². The predicted octanol–water partition coefficient (Wildman–Crippen LogP) is 4.46. The average molecular weight is 373 g/mol. The second-order valence-electron chi connectivity index (χ2n) is 4.59. The zero-order valence-corrected chi connectivity index (χ0v) is 13.2. The number of rotatable bonds is 4. The third kappa shape index (κ3) is 4.38.